The van der Waals surface area contributed by atoms with Crippen molar-refractivity contribution in [3.63, 3.8) is 0 Å². The minimum Gasteiger partial charge on any atom is -0.474 e. The van der Waals surface area contributed by atoms with Crippen LogP contribution in [-0.4, -0.2) is 51.0 Å². The summed E-state index contributed by atoms with van der Waals surface area (Å²) in [6.45, 7) is 4.43. The summed E-state index contributed by atoms with van der Waals surface area (Å²) >= 11 is 0. The van der Waals surface area contributed by atoms with Crippen molar-refractivity contribution in [3.05, 3.63) is 52.5 Å². The van der Waals surface area contributed by atoms with Crippen LogP contribution >= 0.6 is 0 Å². The molecule has 3 heterocycles. The van der Waals surface area contributed by atoms with E-state index in [4.69, 9.17) is 9.84 Å². The van der Waals surface area contributed by atoms with Crippen molar-refractivity contribution in [2.24, 2.45) is 0 Å². The van der Waals surface area contributed by atoms with Gasteiger partial charge >= 0.3 is 0 Å². The molecule has 2 amide bonds. The number of nitrogens with one attached hydrogen (secondary N) is 1. The van der Waals surface area contributed by atoms with E-state index in [0.717, 1.165) is 29.5 Å². The lowest BCUT2D eigenvalue weighted by atomic mass is 9.96. The highest BCUT2D eigenvalue weighted by Gasteiger charge is 2.34. The van der Waals surface area contributed by atoms with E-state index in [9.17, 15) is 9.59 Å². The summed E-state index contributed by atoms with van der Waals surface area (Å²) < 4.78 is 5.94. The molecule has 8 nitrogen and oxygen atoms in total. The molecular weight excluding hydrogens is 396 g/mol. The summed E-state index contributed by atoms with van der Waals surface area (Å²) in [5.41, 5.74) is 3.86. The van der Waals surface area contributed by atoms with Gasteiger partial charge in [0.05, 0.1) is 24.8 Å². The van der Waals surface area contributed by atoms with E-state index in [1.807, 2.05) is 19.9 Å². The normalized spacial score (nSPS) is 16.6. The maximum absolute atomic E-state index is 13.1. The van der Waals surface area contributed by atoms with Gasteiger partial charge in [-0.25, -0.2) is 4.98 Å². The van der Waals surface area contributed by atoms with Crippen LogP contribution in [0.2, 0.25) is 0 Å². The van der Waals surface area contributed by atoms with Crippen molar-refractivity contribution in [1.82, 2.24) is 20.2 Å². The van der Waals surface area contributed by atoms with Gasteiger partial charge < -0.3 is 20.1 Å². The minimum absolute atomic E-state index is 0.0747. The molecule has 0 bridgehead atoms. The third-order valence-corrected chi connectivity index (χ3v) is 6.06. The van der Waals surface area contributed by atoms with E-state index >= 15 is 0 Å². The molecule has 0 spiro atoms. The maximum Gasteiger partial charge on any atom is 0.255 e. The molecule has 0 radical (unpaired) electrons. The van der Waals surface area contributed by atoms with E-state index in [2.05, 4.69) is 15.3 Å². The van der Waals surface area contributed by atoms with Crippen molar-refractivity contribution in [2.45, 2.75) is 58.2 Å². The molecule has 2 aromatic rings. The van der Waals surface area contributed by atoms with E-state index < -0.39 is 0 Å². The molecule has 0 aromatic carbocycles. The Hall–Kier alpha value is -3.00. The quantitative estimate of drug-likeness (QED) is 0.672. The van der Waals surface area contributed by atoms with Crippen LogP contribution in [0.4, 0.5) is 0 Å². The molecular formula is C23H28N4O4. The van der Waals surface area contributed by atoms with Gasteiger partial charge in [0.1, 0.15) is 6.10 Å². The van der Waals surface area contributed by atoms with Crippen LogP contribution in [0.25, 0.3) is 0 Å². The maximum atomic E-state index is 13.1. The summed E-state index contributed by atoms with van der Waals surface area (Å²) in [5, 5.41) is 11.5. The van der Waals surface area contributed by atoms with Gasteiger partial charge in [0.15, 0.2) is 0 Å². The highest BCUT2D eigenvalue weighted by Crippen LogP contribution is 2.34. The molecule has 164 valence electrons. The summed E-state index contributed by atoms with van der Waals surface area (Å²) in [6.07, 6.45) is 7.05. The molecule has 1 fully saturated rings. The average Bonchev–Trinajstić information content (AvgIpc) is 3.07. The number of aromatic nitrogens is 2. The monoisotopic (exact) mass is 424 g/mol. The topological polar surface area (TPSA) is 105 Å². The van der Waals surface area contributed by atoms with Gasteiger partial charge in [-0.15, -0.1) is 0 Å². The number of carbonyl (C=O) groups is 2. The molecule has 2 aromatic heterocycles. The first-order chi connectivity index (χ1) is 15.0. The number of rotatable bonds is 8. The number of hydrogen-bond acceptors (Lipinski definition) is 6. The lowest BCUT2D eigenvalue weighted by molar-refractivity contribution is -0.120. The molecule has 1 aliphatic heterocycles. The van der Waals surface area contributed by atoms with E-state index in [1.165, 1.54) is 6.42 Å². The number of aliphatic hydroxyl groups is 1. The lowest BCUT2D eigenvalue weighted by Crippen LogP contribution is -2.29. The largest absolute Gasteiger partial charge is 0.474 e. The number of ether oxygens (including phenoxy) is 1. The smallest absolute Gasteiger partial charge is 0.255 e. The number of pyridine rings is 2. The van der Waals surface area contributed by atoms with Crippen LogP contribution in [0.15, 0.2) is 24.5 Å². The van der Waals surface area contributed by atoms with Crippen LogP contribution in [0.1, 0.15) is 65.0 Å². The van der Waals surface area contributed by atoms with Crippen LogP contribution in [-0.2, 0) is 17.8 Å². The fourth-order valence-corrected chi connectivity index (χ4v) is 3.95. The number of hydrogen-bond donors (Lipinski definition) is 2. The molecule has 0 saturated heterocycles. The average molecular weight is 425 g/mol. The standard InChI is InChI=1S/C23H28N4O4/c1-14-10-16(12-26-22(14)31-17-4-3-5-17)15(2)27-13-19-18(23(27)30)6-7-24-20(19)11-21(29)25-8-9-28/h6-7,10,12,15,17,28H,3-5,8-9,11,13H2,1-2H3,(H,25,29). The van der Waals surface area contributed by atoms with Gasteiger partial charge in [-0.3, -0.25) is 14.6 Å². The molecule has 1 unspecified atom stereocenters. The van der Waals surface area contributed by atoms with Gasteiger partial charge in [0.25, 0.3) is 5.91 Å². The molecule has 1 atom stereocenters. The highest BCUT2D eigenvalue weighted by molar-refractivity contribution is 5.99. The number of aryl methyl sites for hydroxylation is 1. The van der Waals surface area contributed by atoms with Gasteiger partial charge in [-0.1, -0.05) is 0 Å². The second-order valence-corrected chi connectivity index (χ2v) is 8.20. The Morgan fingerprint density at radius 2 is 2.19 bits per heavy atom. The summed E-state index contributed by atoms with van der Waals surface area (Å²) in [4.78, 5) is 35.8. The Balaban J connectivity index is 1.49. The van der Waals surface area contributed by atoms with Gasteiger partial charge in [0, 0.05) is 42.2 Å². The summed E-state index contributed by atoms with van der Waals surface area (Å²) in [5.74, 6) is 0.363. The molecule has 4 rings (SSSR count). The Kier molecular flexibility index (Phi) is 6.18. The van der Waals surface area contributed by atoms with Crippen molar-refractivity contribution >= 4 is 11.8 Å². The molecule has 2 N–H and O–H groups in total. The van der Waals surface area contributed by atoms with Crippen LogP contribution in [0, 0.1) is 6.92 Å². The van der Waals surface area contributed by atoms with Gasteiger partial charge in [-0.05, 0) is 50.8 Å². The summed E-state index contributed by atoms with van der Waals surface area (Å²) in [6, 6.07) is 3.56. The Morgan fingerprint density at radius 3 is 2.87 bits per heavy atom. The van der Waals surface area contributed by atoms with Crippen molar-refractivity contribution in [2.75, 3.05) is 13.2 Å². The molecule has 8 heteroatoms. The zero-order chi connectivity index (χ0) is 22.0. The first kappa shape index (κ1) is 21.2. The van der Waals surface area contributed by atoms with E-state index in [0.29, 0.717) is 23.7 Å². The Labute approximate surface area is 181 Å². The second kappa shape index (κ2) is 9.01. The predicted octanol–water partition coefficient (Wildman–Crippen LogP) is 2.08. The minimum atomic E-state index is -0.226. The number of amides is 2. The number of carbonyl (C=O) groups excluding carboxylic acids is 2. The molecule has 31 heavy (non-hydrogen) atoms. The third-order valence-electron chi connectivity index (χ3n) is 6.06. The molecule has 1 aliphatic carbocycles. The number of aliphatic hydroxyl groups excluding tert-OH is 1. The molecule has 1 saturated carbocycles. The number of fused-ring (bicyclic) bond motifs is 1. The fourth-order valence-electron chi connectivity index (χ4n) is 3.95. The first-order valence-corrected chi connectivity index (χ1v) is 10.8. The molecule has 2 aliphatic rings. The second-order valence-electron chi connectivity index (χ2n) is 8.20. The Bertz CT molecular complexity index is 990. The third kappa shape index (κ3) is 4.39. The highest BCUT2D eigenvalue weighted by atomic mass is 16.5. The zero-order valence-corrected chi connectivity index (χ0v) is 17.9. The fraction of sp³-hybridized carbons (Fsp3) is 0.478. The van der Waals surface area contributed by atoms with E-state index in [1.54, 1.807) is 23.4 Å². The SMILES string of the molecule is Cc1cc(C(C)N2Cc3c(ccnc3CC(=O)NCCO)C2=O)cnc1OC1CCC1. The van der Waals surface area contributed by atoms with Gasteiger partial charge in [0.2, 0.25) is 11.8 Å². The van der Waals surface area contributed by atoms with Crippen LogP contribution in [0.5, 0.6) is 5.88 Å². The van der Waals surface area contributed by atoms with Crippen molar-refractivity contribution < 1.29 is 19.4 Å². The van der Waals surface area contributed by atoms with E-state index in [-0.39, 0.29) is 43.5 Å². The van der Waals surface area contributed by atoms with Crippen LogP contribution in [0.3, 0.4) is 0 Å². The van der Waals surface area contributed by atoms with Gasteiger partial charge in [-0.2, -0.15) is 0 Å². The Morgan fingerprint density at radius 1 is 1.39 bits per heavy atom. The first-order valence-electron chi connectivity index (χ1n) is 10.8. The number of nitrogens with zero attached hydrogens (tertiary/aromatic N) is 3. The predicted molar refractivity (Wildman–Crippen MR) is 114 cm³/mol. The summed E-state index contributed by atoms with van der Waals surface area (Å²) in [7, 11) is 0. The van der Waals surface area contributed by atoms with Crippen molar-refractivity contribution in [1.29, 1.82) is 0 Å². The zero-order valence-electron chi connectivity index (χ0n) is 17.9. The van der Waals surface area contributed by atoms with Crippen molar-refractivity contribution in [3.8, 4) is 5.88 Å². The van der Waals surface area contributed by atoms with Crippen LogP contribution < -0.4 is 10.1 Å². The lowest BCUT2D eigenvalue weighted by Gasteiger charge is -2.28.